The molecule has 2 rings (SSSR count). The Hall–Kier alpha value is -1.92. The smallest absolute Gasteiger partial charge is 0.316 e. The van der Waals surface area contributed by atoms with Gasteiger partial charge in [0.1, 0.15) is 0 Å². The van der Waals surface area contributed by atoms with Crippen LogP contribution in [0.2, 0.25) is 0 Å². The molecule has 0 aromatic heterocycles. The van der Waals surface area contributed by atoms with Crippen LogP contribution >= 0.6 is 0 Å². The number of nitrogens with two attached hydrogens (primary N) is 1. The minimum absolute atomic E-state index is 0.144. The predicted octanol–water partition coefficient (Wildman–Crippen LogP) is -0.516. The Morgan fingerprint density at radius 3 is 2.42 bits per heavy atom. The molecule has 1 unspecified atom stereocenters. The number of amides is 2. The Kier molecular flexibility index (Phi) is 3.82. The Morgan fingerprint density at radius 2 is 1.84 bits per heavy atom. The van der Waals surface area contributed by atoms with Crippen molar-refractivity contribution < 1.29 is 14.7 Å². The minimum atomic E-state index is -0.709. The van der Waals surface area contributed by atoms with Gasteiger partial charge in [-0.25, -0.2) is 0 Å². The van der Waals surface area contributed by atoms with Crippen molar-refractivity contribution in [3.8, 4) is 0 Å². The number of piperazine rings is 1. The number of aliphatic hydroxyl groups excluding tert-OH is 1. The third-order valence-corrected chi connectivity index (χ3v) is 3.25. The molecule has 0 spiro atoms. The first kappa shape index (κ1) is 13.5. The predicted molar refractivity (Wildman–Crippen MR) is 70.4 cm³/mol. The number of carbonyl (C=O) groups excluding carboxylic acids is 2. The van der Waals surface area contributed by atoms with Gasteiger partial charge in [-0.2, -0.15) is 0 Å². The van der Waals surface area contributed by atoms with Crippen molar-refractivity contribution in [2.24, 2.45) is 5.73 Å². The fourth-order valence-corrected chi connectivity index (χ4v) is 1.99. The van der Waals surface area contributed by atoms with Gasteiger partial charge in [-0.3, -0.25) is 9.59 Å². The van der Waals surface area contributed by atoms with E-state index in [9.17, 15) is 14.7 Å². The second-order valence-electron chi connectivity index (χ2n) is 4.53. The summed E-state index contributed by atoms with van der Waals surface area (Å²) in [5.74, 6) is -1.03. The van der Waals surface area contributed by atoms with Crippen LogP contribution in [-0.2, 0) is 9.59 Å². The van der Waals surface area contributed by atoms with E-state index in [4.69, 9.17) is 5.73 Å². The number of aliphatic hydroxyl groups is 1. The van der Waals surface area contributed by atoms with Crippen molar-refractivity contribution in [1.82, 2.24) is 4.90 Å². The maximum Gasteiger partial charge on any atom is 0.316 e. The molecule has 1 atom stereocenters. The third-order valence-electron chi connectivity index (χ3n) is 3.25. The minimum Gasteiger partial charge on any atom is -0.387 e. The zero-order chi connectivity index (χ0) is 14.0. The van der Waals surface area contributed by atoms with E-state index in [1.807, 2.05) is 0 Å². The fraction of sp³-hybridized carbons (Fsp3) is 0.385. The molecule has 1 fully saturated rings. The Labute approximate surface area is 111 Å². The Balaban J connectivity index is 2.18. The van der Waals surface area contributed by atoms with Gasteiger partial charge in [0.25, 0.3) is 0 Å². The molecule has 1 aromatic rings. The summed E-state index contributed by atoms with van der Waals surface area (Å²) in [6.07, 6.45) is -0.709. The van der Waals surface area contributed by atoms with Crippen molar-refractivity contribution in [3.05, 3.63) is 29.8 Å². The maximum absolute atomic E-state index is 11.9. The fourth-order valence-electron chi connectivity index (χ4n) is 1.99. The van der Waals surface area contributed by atoms with Gasteiger partial charge in [-0.05, 0) is 17.7 Å². The first-order valence-corrected chi connectivity index (χ1v) is 6.09. The van der Waals surface area contributed by atoms with Crippen LogP contribution in [0.15, 0.2) is 24.3 Å². The average Bonchev–Trinajstić information content (AvgIpc) is 2.44. The van der Waals surface area contributed by atoms with Crippen LogP contribution in [-0.4, -0.2) is 48.5 Å². The zero-order valence-electron chi connectivity index (χ0n) is 10.7. The van der Waals surface area contributed by atoms with Crippen LogP contribution in [0.1, 0.15) is 11.7 Å². The van der Waals surface area contributed by atoms with E-state index in [2.05, 4.69) is 0 Å². The lowest BCUT2D eigenvalue weighted by atomic mass is 10.1. The SMILES string of the molecule is CN1CCN(c2ccc(C(O)CN)cc2)C(=O)C1=O. The molecule has 0 aliphatic carbocycles. The van der Waals surface area contributed by atoms with E-state index in [-0.39, 0.29) is 6.54 Å². The lowest BCUT2D eigenvalue weighted by Crippen LogP contribution is -2.53. The van der Waals surface area contributed by atoms with E-state index >= 15 is 0 Å². The summed E-state index contributed by atoms with van der Waals surface area (Å²) in [4.78, 5) is 26.3. The highest BCUT2D eigenvalue weighted by Crippen LogP contribution is 2.20. The molecule has 0 saturated carbocycles. The molecule has 1 aliphatic rings. The van der Waals surface area contributed by atoms with Crippen molar-refractivity contribution in [1.29, 1.82) is 0 Å². The van der Waals surface area contributed by atoms with E-state index in [0.29, 0.717) is 24.3 Å². The van der Waals surface area contributed by atoms with Crippen molar-refractivity contribution >= 4 is 17.5 Å². The van der Waals surface area contributed by atoms with Gasteiger partial charge in [0, 0.05) is 32.4 Å². The van der Waals surface area contributed by atoms with Crippen LogP contribution < -0.4 is 10.6 Å². The number of benzene rings is 1. The van der Waals surface area contributed by atoms with Gasteiger partial charge in [0.05, 0.1) is 6.10 Å². The summed E-state index contributed by atoms with van der Waals surface area (Å²) >= 11 is 0. The molecule has 102 valence electrons. The van der Waals surface area contributed by atoms with Crippen LogP contribution in [0.4, 0.5) is 5.69 Å². The summed E-state index contributed by atoms with van der Waals surface area (Å²) in [5.41, 5.74) is 6.72. The number of carbonyl (C=O) groups is 2. The summed E-state index contributed by atoms with van der Waals surface area (Å²) < 4.78 is 0. The number of rotatable bonds is 3. The van der Waals surface area contributed by atoms with Gasteiger partial charge >= 0.3 is 11.8 Å². The highest BCUT2D eigenvalue weighted by molar-refractivity contribution is 6.40. The van der Waals surface area contributed by atoms with Crippen molar-refractivity contribution in [3.63, 3.8) is 0 Å². The number of anilines is 1. The molecule has 1 aliphatic heterocycles. The molecule has 3 N–H and O–H groups in total. The first-order valence-electron chi connectivity index (χ1n) is 6.09. The molecule has 0 radical (unpaired) electrons. The number of hydrogen-bond donors (Lipinski definition) is 2. The molecule has 6 heteroatoms. The molecule has 1 aromatic carbocycles. The van der Waals surface area contributed by atoms with Gasteiger partial charge in [0.2, 0.25) is 0 Å². The number of likely N-dealkylation sites (N-methyl/N-ethyl adjacent to an activating group) is 1. The highest BCUT2D eigenvalue weighted by atomic mass is 16.3. The standard InChI is InChI=1S/C13H17N3O3/c1-15-6-7-16(13(19)12(15)18)10-4-2-9(3-5-10)11(17)8-14/h2-5,11,17H,6-8,14H2,1H3. The van der Waals surface area contributed by atoms with Crippen LogP contribution in [0.25, 0.3) is 0 Å². The van der Waals surface area contributed by atoms with Crippen LogP contribution in [0.3, 0.4) is 0 Å². The normalized spacial score (nSPS) is 17.8. The zero-order valence-corrected chi connectivity index (χ0v) is 10.7. The molecule has 2 amide bonds. The number of hydrogen-bond acceptors (Lipinski definition) is 4. The van der Waals surface area contributed by atoms with Gasteiger partial charge in [-0.15, -0.1) is 0 Å². The quantitative estimate of drug-likeness (QED) is 0.719. The molecule has 1 saturated heterocycles. The summed E-state index contributed by atoms with van der Waals surface area (Å²) in [6, 6.07) is 6.85. The molecule has 19 heavy (non-hydrogen) atoms. The lowest BCUT2D eigenvalue weighted by Gasteiger charge is -2.31. The van der Waals surface area contributed by atoms with Crippen LogP contribution in [0.5, 0.6) is 0 Å². The Bertz CT molecular complexity index is 486. The Morgan fingerprint density at radius 1 is 1.21 bits per heavy atom. The molecular formula is C13H17N3O3. The largest absolute Gasteiger partial charge is 0.387 e. The average molecular weight is 263 g/mol. The van der Waals surface area contributed by atoms with Gasteiger partial charge in [-0.1, -0.05) is 12.1 Å². The van der Waals surface area contributed by atoms with Crippen LogP contribution in [0, 0.1) is 0 Å². The van der Waals surface area contributed by atoms with Gasteiger partial charge < -0.3 is 20.6 Å². The number of nitrogens with zero attached hydrogens (tertiary/aromatic N) is 2. The molecule has 1 heterocycles. The second kappa shape index (κ2) is 5.38. The topological polar surface area (TPSA) is 86.9 Å². The van der Waals surface area contributed by atoms with Gasteiger partial charge in [0.15, 0.2) is 0 Å². The summed E-state index contributed by atoms with van der Waals surface area (Å²) in [5, 5.41) is 9.59. The third kappa shape index (κ3) is 2.59. The molecule has 6 nitrogen and oxygen atoms in total. The summed E-state index contributed by atoms with van der Waals surface area (Å²) in [6.45, 7) is 1.13. The lowest BCUT2D eigenvalue weighted by molar-refractivity contribution is -0.145. The van der Waals surface area contributed by atoms with Crippen molar-refractivity contribution in [2.75, 3.05) is 31.6 Å². The molecule has 0 bridgehead atoms. The monoisotopic (exact) mass is 263 g/mol. The first-order chi connectivity index (χ1) is 9.04. The van der Waals surface area contributed by atoms with E-state index in [1.165, 1.54) is 9.80 Å². The highest BCUT2D eigenvalue weighted by Gasteiger charge is 2.31. The van der Waals surface area contributed by atoms with E-state index in [0.717, 1.165) is 0 Å². The molecular weight excluding hydrogens is 246 g/mol. The van der Waals surface area contributed by atoms with E-state index < -0.39 is 17.9 Å². The summed E-state index contributed by atoms with van der Waals surface area (Å²) in [7, 11) is 1.61. The second-order valence-corrected chi connectivity index (χ2v) is 4.53. The maximum atomic E-state index is 11.9. The van der Waals surface area contributed by atoms with E-state index in [1.54, 1.807) is 31.3 Å². The van der Waals surface area contributed by atoms with Crippen molar-refractivity contribution in [2.45, 2.75) is 6.10 Å².